The van der Waals surface area contributed by atoms with Gasteiger partial charge in [0.1, 0.15) is 12.3 Å². The highest BCUT2D eigenvalue weighted by Gasteiger charge is 2.22. The second-order valence-electron chi connectivity index (χ2n) is 7.54. The van der Waals surface area contributed by atoms with Gasteiger partial charge in [0.25, 0.3) is 0 Å². The van der Waals surface area contributed by atoms with Crippen molar-refractivity contribution in [2.24, 2.45) is 0 Å². The number of carbonyl (C=O) groups excluding carboxylic acids is 1. The predicted molar refractivity (Wildman–Crippen MR) is 109 cm³/mol. The van der Waals surface area contributed by atoms with E-state index >= 15 is 0 Å². The molecule has 0 aromatic heterocycles. The molecule has 1 aliphatic carbocycles. The highest BCUT2D eigenvalue weighted by molar-refractivity contribution is 7.92. The van der Waals surface area contributed by atoms with Crippen molar-refractivity contribution in [3.8, 4) is 5.75 Å². The molecule has 0 aliphatic heterocycles. The molecule has 27 heavy (non-hydrogen) atoms. The molecule has 0 saturated heterocycles. The fourth-order valence-electron chi connectivity index (χ4n) is 3.37. The van der Waals surface area contributed by atoms with Gasteiger partial charge in [-0.05, 0) is 51.0 Å². The van der Waals surface area contributed by atoms with E-state index in [9.17, 15) is 13.2 Å². The average molecular weight is 397 g/mol. The van der Waals surface area contributed by atoms with E-state index in [1.807, 2.05) is 13.8 Å². The summed E-state index contributed by atoms with van der Waals surface area (Å²) < 4.78 is 31.2. The zero-order chi connectivity index (χ0) is 19.9. The maximum absolute atomic E-state index is 12.5. The van der Waals surface area contributed by atoms with Gasteiger partial charge >= 0.3 is 0 Å². The molecule has 0 radical (unpaired) electrons. The van der Waals surface area contributed by atoms with Crippen molar-refractivity contribution in [3.05, 3.63) is 24.3 Å². The molecule has 0 spiro atoms. The number of nitrogens with one attached hydrogen (secondary N) is 1. The van der Waals surface area contributed by atoms with Crippen LogP contribution in [0, 0.1) is 0 Å². The van der Waals surface area contributed by atoms with Crippen molar-refractivity contribution in [1.29, 1.82) is 0 Å². The van der Waals surface area contributed by atoms with E-state index in [1.165, 1.54) is 19.3 Å². The fraction of sp³-hybridized carbons (Fsp3) is 0.650. The number of anilines is 1. The number of ether oxygens (including phenoxy) is 1. The molecule has 2 rings (SSSR count). The molecule has 1 saturated carbocycles. The Balaban J connectivity index is 2.04. The summed E-state index contributed by atoms with van der Waals surface area (Å²) in [6, 6.07) is 6.92. The molecule has 1 aromatic carbocycles. The summed E-state index contributed by atoms with van der Waals surface area (Å²) in [5, 5.41) is 3.03. The van der Waals surface area contributed by atoms with Gasteiger partial charge in [0.05, 0.1) is 18.0 Å². The van der Waals surface area contributed by atoms with Gasteiger partial charge in [0, 0.05) is 6.04 Å². The standard InChI is InChI=1S/C20H32N2O4S/c1-16(2)26-19-13-11-18(12-14-19)22(27(3,24)25)15-20(23)21-17-9-7-5-4-6-8-10-17/h11-14,16-17H,4-10,15H2,1-3H3,(H,21,23). The zero-order valence-electron chi connectivity index (χ0n) is 16.6. The summed E-state index contributed by atoms with van der Waals surface area (Å²) in [6.07, 6.45) is 8.97. The van der Waals surface area contributed by atoms with E-state index in [1.54, 1.807) is 24.3 Å². The summed E-state index contributed by atoms with van der Waals surface area (Å²) in [6.45, 7) is 3.65. The minimum Gasteiger partial charge on any atom is -0.491 e. The van der Waals surface area contributed by atoms with Gasteiger partial charge in [-0.2, -0.15) is 0 Å². The third-order valence-corrected chi connectivity index (χ3v) is 5.79. The lowest BCUT2D eigenvalue weighted by Gasteiger charge is -2.25. The summed E-state index contributed by atoms with van der Waals surface area (Å²) in [7, 11) is -3.57. The number of sulfonamides is 1. The van der Waals surface area contributed by atoms with Gasteiger partial charge in [-0.25, -0.2) is 8.42 Å². The lowest BCUT2D eigenvalue weighted by atomic mass is 9.97. The second-order valence-corrected chi connectivity index (χ2v) is 9.45. The van der Waals surface area contributed by atoms with Crippen LogP contribution in [0.1, 0.15) is 58.8 Å². The second kappa shape index (κ2) is 9.97. The Labute approximate surface area is 163 Å². The fourth-order valence-corrected chi connectivity index (χ4v) is 4.22. The van der Waals surface area contributed by atoms with Crippen molar-refractivity contribution in [2.75, 3.05) is 17.1 Å². The first-order chi connectivity index (χ1) is 12.8. The SMILES string of the molecule is CC(C)Oc1ccc(N(CC(=O)NC2CCCCCCC2)S(C)(=O)=O)cc1. The lowest BCUT2D eigenvalue weighted by Crippen LogP contribution is -2.44. The summed E-state index contributed by atoms with van der Waals surface area (Å²) in [4.78, 5) is 12.5. The van der Waals surface area contributed by atoms with Crippen LogP contribution in [0.5, 0.6) is 5.75 Å². The zero-order valence-corrected chi connectivity index (χ0v) is 17.4. The number of hydrogen-bond donors (Lipinski definition) is 1. The molecule has 1 aliphatic rings. The Morgan fingerprint density at radius 1 is 1.11 bits per heavy atom. The van der Waals surface area contributed by atoms with Crippen molar-refractivity contribution in [1.82, 2.24) is 5.32 Å². The number of benzene rings is 1. The maximum Gasteiger partial charge on any atom is 0.240 e. The number of amides is 1. The van der Waals surface area contributed by atoms with E-state index in [0.29, 0.717) is 11.4 Å². The molecule has 0 unspecified atom stereocenters. The van der Waals surface area contributed by atoms with Crippen molar-refractivity contribution < 1.29 is 17.9 Å². The third kappa shape index (κ3) is 7.40. The smallest absolute Gasteiger partial charge is 0.240 e. The molecular weight excluding hydrogens is 364 g/mol. The van der Waals surface area contributed by atoms with Crippen LogP contribution in [0.4, 0.5) is 5.69 Å². The van der Waals surface area contributed by atoms with Crippen molar-refractivity contribution >= 4 is 21.6 Å². The van der Waals surface area contributed by atoms with Crippen molar-refractivity contribution in [2.45, 2.75) is 70.9 Å². The summed E-state index contributed by atoms with van der Waals surface area (Å²) >= 11 is 0. The summed E-state index contributed by atoms with van der Waals surface area (Å²) in [5.41, 5.74) is 0.460. The first-order valence-corrected chi connectivity index (χ1v) is 11.6. The molecular formula is C20H32N2O4S. The molecule has 0 atom stereocenters. The van der Waals surface area contributed by atoms with E-state index < -0.39 is 10.0 Å². The van der Waals surface area contributed by atoms with E-state index in [-0.39, 0.29) is 24.6 Å². The number of hydrogen-bond acceptors (Lipinski definition) is 4. The maximum atomic E-state index is 12.5. The van der Waals surface area contributed by atoms with Crippen molar-refractivity contribution in [3.63, 3.8) is 0 Å². The monoisotopic (exact) mass is 396 g/mol. The largest absolute Gasteiger partial charge is 0.491 e. The van der Waals surface area contributed by atoms with Crippen LogP contribution in [0.15, 0.2) is 24.3 Å². The highest BCUT2D eigenvalue weighted by Crippen LogP contribution is 2.22. The molecule has 0 heterocycles. The normalized spacial score (nSPS) is 16.4. The van der Waals surface area contributed by atoms with E-state index in [0.717, 1.165) is 36.2 Å². The minimum absolute atomic E-state index is 0.0383. The first kappa shape index (κ1) is 21.5. The Morgan fingerprint density at radius 3 is 2.19 bits per heavy atom. The third-order valence-electron chi connectivity index (χ3n) is 4.65. The topological polar surface area (TPSA) is 75.7 Å². The molecule has 6 nitrogen and oxygen atoms in total. The average Bonchev–Trinajstić information content (AvgIpc) is 2.54. The van der Waals surface area contributed by atoms with Crippen LogP contribution >= 0.6 is 0 Å². The predicted octanol–water partition coefficient (Wildman–Crippen LogP) is 3.47. The Hall–Kier alpha value is -1.76. The first-order valence-electron chi connectivity index (χ1n) is 9.79. The lowest BCUT2D eigenvalue weighted by molar-refractivity contribution is -0.120. The van der Waals surface area contributed by atoms with Gasteiger partial charge in [0.15, 0.2) is 0 Å². The van der Waals surface area contributed by atoms with Crippen LogP contribution in [0.25, 0.3) is 0 Å². The van der Waals surface area contributed by atoms with E-state index in [4.69, 9.17) is 4.74 Å². The Bertz CT molecular complexity index is 693. The van der Waals surface area contributed by atoms with Crippen LogP contribution < -0.4 is 14.4 Å². The Morgan fingerprint density at radius 2 is 1.67 bits per heavy atom. The van der Waals surface area contributed by atoms with Gasteiger partial charge < -0.3 is 10.1 Å². The molecule has 1 amide bonds. The van der Waals surface area contributed by atoms with Crippen LogP contribution in [-0.2, 0) is 14.8 Å². The molecule has 1 fully saturated rings. The van der Waals surface area contributed by atoms with Crippen LogP contribution in [0.3, 0.4) is 0 Å². The summed E-state index contributed by atoms with van der Waals surface area (Å²) in [5.74, 6) is 0.412. The van der Waals surface area contributed by atoms with Gasteiger partial charge in [-0.3, -0.25) is 9.10 Å². The van der Waals surface area contributed by atoms with E-state index in [2.05, 4.69) is 5.32 Å². The number of rotatable bonds is 7. The minimum atomic E-state index is -3.57. The van der Waals surface area contributed by atoms with Gasteiger partial charge in [0.2, 0.25) is 15.9 Å². The van der Waals surface area contributed by atoms with Gasteiger partial charge in [-0.1, -0.05) is 32.1 Å². The quantitative estimate of drug-likeness (QED) is 0.766. The molecule has 0 bridgehead atoms. The highest BCUT2D eigenvalue weighted by atomic mass is 32.2. The van der Waals surface area contributed by atoms with Gasteiger partial charge in [-0.15, -0.1) is 0 Å². The van der Waals surface area contributed by atoms with Crippen LogP contribution in [-0.4, -0.2) is 39.3 Å². The van der Waals surface area contributed by atoms with Crippen LogP contribution in [0.2, 0.25) is 0 Å². The molecule has 1 N–H and O–H groups in total. The molecule has 152 valence electrons. The molecule has 1 aromatic rings. The Kier molecular flexibility index (Phi) is 7.95. The number of nitrogens with zero attached hydrogens (tertiary/aromatic N) is 1. The number of carbonyl (C=O) groups is 1. The molecule has 7 heteroatoms.